The largest absolute Gasteiger partial charge is 0.366 e. The molecule has 0 fully saturated rings. The number of carbonyl (C=O) groups excluding carboxylic acids is 2. The Hall–Kier alpha value is -3.26. The molecule has 2 amide bonds. The minimum atomic E-state index is -0.461. The average molecular weight is 507 g/mol. The fourth-order valence-corrected chi connectivity index (χ4v) is 4.24. The molecule has 3 aromatic rings. The number of nitrogens with zero attached hydrogens (tertiary/aromatic N) is 5. The van der Waals surface area contributed by atoms with E-state index in [4.69, 9.17) is 10.7 Å². The number of rotatable bonds is 13. The molecule has 2 aromatic heterocycles. The molecular weight excluding hydrogens is 464 g/mol. The van der Waals surface area contributed by atoms with Gasteiger partial charge in [-0.1, -0.05) is 39.8 Å². The molecule has 2 N–H and O–H groups in total. The Morgan fingerprint density at radius 3 is 2.11 bits per heavy atom. The Morgan fingerprint density at radius 1 is 0.946 bits per heavy atom. The van der Waals surface area contributed by atoms with Crippen molar-refractivity contribution in [2.24, 2.45) is 17.6 Å². The SMILES string of the molecule is CC(C)CCN(CCC(C)C)C(=O)c1cnc2nc(-c3ccc(C(N)=O)cc3)c(CCCN(C)C)n2c1. The summed E-state index contributed by atoms with van der Waals surface area (Å²) in [7, 11) is 4.11. The molecule has 200 valence electrons. The first-order valence-corrected chi connectivity index (χ1v) is 13.3. The van der Waals surface area contributed by atoms with Gasteiger partial charge in [-0.3, -0.25) is 14.0 Å². The molecule has 0 aliphatic rings. The van der Waals surface area contributed by atoms with Crippen LogP contribution in [-0.2, 0) is 6.42 Å². The Bertz CT molecular complexity index is 1190. The smallest absolute Gasteiger partial charge is 0.256 e. The number of imidazole rings is 1. The van der Waals surface area contributed by atoms with Crippen LogP contribution >= 0.6 is 0 Å². The van der Waals surface area contributed by atoms with E-state index in [1.807, 2.05) is 27.6 Å². The third kappa shape index (κ3) is 7.61. The molecule has 0 atom stereocenters. The quantitative estimate of drug-likeness (QED) is 0.368. The van der Waals surface area contributed by atoms with Crippen LogP contribution in [0.3, 0.4) is 0 Å². The number of primary amides is 1. The molecule has 3 rings (SSSR count). The number of carbonyl (C=O) groups is 2. The second-order valence-corrected chi connectivity index (χ2v) is 10.9. The molecule has 2 heterocycles. The summed E-state index contributed by atoms with van der Waals surface area (Å²) in [6.45, 7) is 11.1. The molecule has 1 aromatic carbocycles. The van der Waals surface area contributed by atoms with Crippen molar-refractivity contribution in [3.05, 3.63) is 53.5 Å². The van der Waals surface area contributed by atoms with E-state index in [1.54, 1.807) is 18.3 Å². The van der Waals surface area contributed by atoms with Crippen molar-refractivity contribution < 1.29 is 9.59 Å². The van der Waals surface area contributed by atoms with Gasteiger partial charge in [0.25, 0.3) is 5.91 Å². The number of aromatic nitrogens is 3. The predicted molar refractivity (Wildman–Crippen MR) is 149 cm³/mol. The summed E-state index contributed by atoms with van der Waals surface area (Å²) >= 11 is 0. The van der Waals surface area contributed by atoms with Crippen LogP contribution < -0.4 is 5.73 Å². The normalized spacial score (nSPS) is 11.7. The summed E-state index contributed by atoms with van der Waals surface area (Å²) in [5.74, 6) is 1.15. The van der Waals surface area contributed by atoms with Crippen LogP contribution in [0.15, 0.2) is 36.7 Å². The van der Waals surface area contributed by atoms with Crippen molar-refractivity contribution in [2.75, 3.05) is 33.7 Å². The van der Waals surface area contributed by atoms with Gasteiger partial charge in [-0.2, -0.15) is 0 Å². The van der Waals surface area contributed by atoms with Crippen LogP contribution in [0.25, 0.3) is 17.0 Å². The summed E-state index contributed by atoms with van der Waals surface area (Å²) in [5.41, 5.74) is 9.15. The standard InChI is InChI=1S/C29H42N6O2/c1-20(2)13-16-34(17-14-21(3)4)28(37)24-18-31-29-32-26(22-9-11-23(12-10-22)27(30)36)25(35(29)19-24)8-7-15-33(5)6/h9-12,18-21H,7-8,13-17H2,1-6H3,(H2,30,36). The average Bonchev–Trinajstić information content (AvgIpc) is 3.21. The molecule has 0 spiro atoms. The second kappa shape index (κ2) is 12.8. The van der Waals surface area contributed by atoms with Gasteiger partial charge in [-0.05, 0) is 70.3 Å². The van der Waals surface area contributed by atoms with Crippen molar-refractivity contribution >= 4 is 17.6 Å². The van der Waals surface area contributed by atoms with Gasteiger partial charge in [0.15, 0.2) is 0 Å². The number of aryl methyl sites for hydroxylation is 1. The first-order chi connectivity index (χ1) is 17.6. The van der Waals surface area contributed by atoms with Crippen LogP contribution in [0.5, 0.6) is 0 Å². The zero-order valence-electron chi connectivity index (χ0n) is 23.2. The lowest BCUT2D eigenvalue weighted by Gasteiger charge is -2.24. The van der Waals surface area contributed by atoms with Gasteiger partial charge in [-0.25, -0.2) is 9.97 Å². The van der Waals surface area contributed by atoms with E-state index in [9.17, 15) is 9.59 Å². The summed E-state index contributed by atoms with van der Waals surface area (Å²) in [4.78, 5) is 38.7. The Kier molecular flexibility index (Phi) is 9.80. The van der Waals surface area contributed by atoms with Crippen molar-refractivity contribution in [3.8, 4) is 11.3 Å². The highest BCUT2D eigenvalue weighted by atomic mass is 16.2. The monoisotopic (exact) mass is 506 g/mol. The molecular formula is C29H42N6O2. The van der Waals surface area contributed by atoms with E-state index in [0.717, 1.165) is 62.3 Å². The van der Waals surface area contributed by atoms with Crippen LogP contribution in [0, 0.1) is 11.8 Å². The zero-order chi connectivity index (χ0) is 27.1. The van der Waals surface area contributed by atoms with Crippen molar-refractivity contribution in [3.63, 3.8) is 0 Å². The minimum Gasteiger partial charge on any atom is -0.366 e. The minimum absolute atomic E-state index is 0.0102. The van der Waals surface area contributed by atoms with E-state index in [0.29, 0.717) is 28.7 Å². The van der Waals surface area contributed by atoms with Gasteiger partial charge in [0.1, 0.15) is 0 Å². The molecule has 0 aliphatic carbocycles. The van der Waals surface area contributed by atoms with Crippen molar-refractivity contribution in [1.82, 2.24) is 24.2 Å². The highest BCUT2D eigenvalue weighted by Gasteiger charge is 2.21. The lowest BCUT2D eigenvalue weighted by Crippen LogP contribution is -2.34. The Balaban J connectivity index is 2.01. The van der Waals surface area contributed by atoms with Gasteiger partial charge in [0.2, 0.25) is 11.7 Å². The molecule has 37 heavy (non-hydrogen) atoms. The van der Waals surface area contributed by atoms with Gasteiger partial charge < -0.3 is 15.5 Å². The van der Waals surface area contributed by atoms with Crippen LogP contribution in [0.2, 0.25) is 0 Å². The van der Waals surface area contributed by atoms with Crippen molar-refractivity contribution in [2.45, 2.75) is 53.4 Å². The number of hydrogen-bond donors (Lipinski definition) is 1. The molecule has 8 nitrogen and oxygen atoms in total. The van der Waals surface area contributed by atoms with E-state index in [-0.39, 0.29) is 5.91 Å². The molecule has 8 heteroatoms. The van der Waals surface area contributed by atoms with Crippen LogP contribution in [0.4, 0.5) is 0 Å². The van der Waals surface area contributed by atoms with E-state index in [1.165, 1.54) is 0 Å². The first kappa shape index (κ1) is 28.3. The third-order valence-corrected chi connectivity index (χ3v) is 6.53. The highest BCUT2D eigenvalue weighted by molar-refractivity contribution is 5.94. The van der Waals surface area contributed by atoms with Gasteiger partial charge in [0.05, 0.1) is 17.0 Å². The molecule has 0 bridgehead atoms. The predicted octanol–water partition coefficient (Wildman–Crippen LogP) is 4.52. The summed E-state index contributed by atoms with van der Waals surface area (Å²) < 4.78 is 1.96. The van der Waals surface area contributed by atoms with Gasteiger partial charge >= 0.3 is 0 Å². The molecule has 0 unspecified atom stereocenters. The third-order valence-electron chi connectivity index (χ3n) is 6.53. The topological polar surface area (TPSA) is 96.8 Å². The lowest BCUT2D eigenvalue weighted by molar-refractivity contribution is 0.0739. The Labute approximate surface area is 220 Å². The molecule has 0 radical (unpaired) electrons. The fourth-order valence-electron chi connectivity index (χ4n) is 4.24. The molecule has 0 aliphatic heterocycles. The zero-order valence-corrected chi connectivity index (χ0v) is 23.2. The number of hydrogen-bond acceptors (Lipinski definition) is 5. The lowest BCUT2D eigenvalue weighted by atomic mass is 10.0. The summed E-state index contributed by atoms with van der Waals surface area (Å²) in [6.07, 6.45) is 7.17. The first-order valence-electron chi connectivity index (χ1n) is 13.3. The van der Waals surface area contributed by atoms with Crippen molar-refractivity contribution in [1.29, 1.82) is 0 Å². The van der Waals surface area contributed by atoms with E-state index in [2.05, 4.69) is 51.7 Å². The fraction of sp³-hybridized carbons (Fsp3) is 0.517. The Morgan fingerprint density at radius 2 is 1.57 bits per heavy atom. The number of benzene rings is 1. The van der Waals surface area contributed by atoms with Crippen LogP contribution in [-0.4, -0.2) is 69.7 Å². The van der Waals surface area contributed by atoms with Crippen LogP contribution in [0.1, 0.15) is 73.4 Å². The molecule has 0 saturated heterocycles. The number of fused-ring (bicyclic) bond motifs is 1. The van der Waals surface area contributed by atoms with E-state index >= 15 is 0 Å². The number of nitrogens with two attached hydrogens (primary N) is 1. The maximum atomic E-state index is 13.6. The van der Waals surface area contributed by atoms with E-state index < -0.39 is 5.91 Å². The van der Waals surface area contributed by atoms with Gasteiger partial charge in [-0.15, -0.1) is 0 Å². The maximum Gasteiger partial charge on any atom is 0.256 e. The number of amides is 2. The molecule has 0 saturated carbocycles. The summed E-state index contributed by atoms with van der Waals surface area (Å²) in [5, 5.41) is 0. The maximum absolute atomic E-state index is 13.6. The second-order valence-electron chi connectivity index (χ2n) is 10.9. The van der Waals surface area contributed by atoms with Gasteiger partial charge in [0, 0.05) is 36.6 Å². The summed E-state index contributed by atoms with van der Waals surface area (Å²) in [6, 6.07) is 7.16. The highest BCUT2D eigenvalue weighted by Crippen LogP contribution is 2.26.